The van der Waals surface area contributed by atoms with E-state index in [9.17, 15) is 9.59 Å². The molecule has 2 amide bonds. The molecule has 3 aromatic rings. The van der Waals surface area contributed by atoms with Crippen LogP contribution in [0.3, 0.4) is 0 Å². The monoisotopic (exact) mass is 398 g/mol. The molecule has 0 unspecified atom stereocenters. The lowest BCUT2D eigenvalue weighted by molar-refractivity contribution is 0.0985. The first kappa shape index (κ1) is 19.9. The van der Waals surface area contributed by atoms with Crippen LogP contribution in [0.1, 0.15) is 50.2 Å². The minimum atomic E-state index is -0.142. The molecule has 30 heavy (non-hydrogen) atoms. The van der Waals surface area contributed by atoms with Gasteiger partial charge in [-0.15, -0.1) is 0 Å². The zero-order valence-corrected chi connectivity index (χ0v) is 17.4. The Kier molecular flexibility index (Phi) is 5.66. The molecule has 4 rings (SSSR count). The molecule has 0 saturated heterocycles. The molecule has 0 aromatic heterocycles. The van der Waals surface area contributed by atoms with E-state index < -0.39 is 0 Å². The Labute approximate surface area is 177 Å². The number of anilines is 2. The number of rotatable bonds is 3. The highest BCUT2D eigenvalue weighted by atomic mass is 16.2. The van der Waals surface area contributed by atoms with Gasteiger partial charge >= 0.3 is 0 Å². The number of hydrogen-bond donors (Lipinski definition) is 1. The molecule has 0 spiro atoms. The summed E-state index contributed by atoms with van der Waals surface area (Å²) in [4.78, 5) is 27.8. The third kappa shape index (κ3) is 3.99. The van der Waals surface area contributed by atoms with Gasteiger partial charge in [-0.3, -0.25) is 9.59 Å². The van der Waals surface area contributed by atoms with E-state index in [0.717, 1.165) is 48.3 Å². The van der Waals surface area contributed by atoms with Crippen molar-refractivity contribution in [1.82, 2.24) is 0 Å². The molecule has 1 heterocycles. The van der Waals surface area contributed by atoms with Crippen molar-refractivity contribution in [2.24, 2.45) is 0 Å². The average molecular weight is 399 g/mol. The van der Waals surface area contributed by atoms with Gasteiger partial charge in [-0.25, -0.2) is 0 Å². The molecule has 1 aliphatic rings. The summed E-state index contributed by atoms with van der Waals surface area (Å²) in [6.07, 6.45) is 3.08. The van der Waals surface area contributed by atoms with Crippen molar-refractivity contribution in [2.45, 2.75) is 33.1 Å². The number of hydrogen-bond acceptors (Lipinski definition) is 2. The molecule has 3 aromatic carbocycles. The van der Waals surface area contributed by atoms with Gasteiger partial charge in [0, 0.05) is 29.0 Å². The minimum absolute atomic E-state index is 0.00392. The van der Waals surface area contributed by atoms with Gasteiger partial charge < -0.3 is 10.2 Å². The smallest absolute Gasteiger partial charge is 0.258 e. The van der Waals surface area contributed by atoms with Crippen molar-refractivity contribution < 1.29 is 9.59 Å². The summed E-state index contributed by atoms with van der Waals surface area (Å²) in [7, 11) is 0. The minimum Gasteiger partial charge on any atom is -0.322 e. The maximum Gasteiger partial charge on any atom is 0.258 e. The highest BCUT2D eigenvalue weighted by Gasteiger charge is 2.22. The van der Waals surface area contributed by atoms with Gasteiger partial charge in [0.05, 0.1) is 0 Å². The number of benzene rings is 3. The molecule has 0 fully saturated rings. The number of aryl methyl sites for hydroxylation is 3. The predicted molar refractivity (Wildman–Crippen MR) is 121 cm³/mol. The van der Waals surface area contributed by atoms with E-state index >= 15 is 0 Å². The van der Waals surface area contributed by atoms with Crippen LogP contribution in [0, 0.1) is 13.8 Å². The lowest BCUT2D eigenvalue weighted by atomic mass is 10.1. The number of carbonyl (C=O) groups is 2. The van der Waals surface area contributed by atoms with E-state index in [2.05, 4.69) is 11.4 Å². The molecule has 0 saturated carbocycles. The normalized spacial score (nSPS) is 13.3. The number of fused-ring (bicyclic) bond motifs is 1. The first-order chi connectivity index (χ1) is 14.5. The summed E-state index contributed by atoms with van der Waals surface area (Å²) in [6, 6.07) is 21.1. The van der Waals surface area contributed by atoms with Crippen LogP contribution >= 0.6 is 0 Å². The van der Waals surface area contributed by atoms with Gasteiger partial charge in [0.25, 0.3) is 11.8 Å². The van der Waals surface area contributed by atoms with Crippen molar-refractivity contribution in [2.75, 3.05) is 16.8 Å². The van der Waals surface area contributed by atoms with E-state index in [4.69, 9.17) is 0 Å². The molecule has 0 bridgehead atoms. The fourth-order valence-electron chi connectivity index (χ4n) is 4.01. The average Bonchev–Trinajstić information content (AvgIpc) is 2.97. The van der Waals surface area contributed by atoms with Gasteiger partial charge in [-0.2, -0.15) is 0 Å². The second-order valence-electron chi connectivity index (χ2n) is 7.84. The number of para-hydroxylation sites is 1. The molecule has 4 heteroatoms. The lowest BCUT2D eigenvalue weighted by Crippen LogP contribution is -2.31. The van der Waals surface area contributed by atoms with Gasteiger partial charge in [-0.05, 0) is 80.1 Å². The molecular formula is C26H26N2O2. The first-order valence-electron chi connectivity index (χ1n) is 10.4. The van der Waals surface area contributed by atoms with Crippen LogP contribution < -0.4 is 10.2 Å². The van der Waals surface area contributed by atoms with E-state index in [0.29, 0.717) is 11.1 Å². The number of carbonyl (C=O) groups excluding carboxylic acids is 2. The molecule has 4 nitrogen and oxygen atoms in total. The summed E-state index contributed by atoms with van der Waals surface area (Å²) < 4.78 is 0. The van der Waals surface area contributed by atoms with Crippen molar-refractivity contribution in [1.29, 1.82) is 0 Å². The molecule has 0 aliphatic carbocycles. The second kappa shape index (κ2) is 8.54. The van der Waals surface area contributed by atoms with Crippen LogP contribution in [0.25, 0.3) is 0 Å². The zero-order chi connectivity index (χ0) is 21.1. The summed E-state index contributed by atoms with van der Waals surface area (Å²) in [6.45, 7) is 4.56. The van der Waals surface area contributed by atoms with Crippen LogP contribution in [-0.4, -0.2) is 18.4 Å². The molecule has 0 radical (unpaired) electrons. The Morgan fingerprint density at radius 2 is 1.63 bits per heavy atom. The Bertz CT molecular complexity index is 1100. The molecule has 0 atom stereocenters. The van der Waals surface area contributed by atoms with E-state index in [1.165, 1.54) is 5.56 Å². The fourth-order valence-corrected chi connectivity index (χ4v) is 4.01. The first-order valence-corrected chi connectivity index (χ1v) is 10.4. The van der Waals surface area contributed by atoms with Crippen LogP contribution in [0.15, 0.2) is 66.7 Å². The Hall–Kier alpha value is -3.40. The second-order valence-corrected chi connectivity index (χ2v) is 7.84. The SMILES string of the molecule is Cc1cc(C(=O)N2CCCCc3ccccc32)ccc1NC(=O)c1ccccc1C. The van der Waals surface area contributed by atoms with Gasteiger partial charge in [-0.1, -0.05) is 36.4 Å². The summed E-state index contributed by atoms with van der Waals surface area (Å²) in [5.41, 5.74) is 6.04. The molecular weight excluding hydrogens is 372 g/mol. The number of nitrogens with zero attached hydrogens (tertiary/aromatic N) is 1. The lowest BCUT2D eigenvalue weighted by Gasteiger charge is -2.23. The third-order valence-electron chi connectivity index (χ3n) is 5.72. The maximum atomic E-state index is 13.3. The third-order valence-corrected chi connectivity index (χ3v) is 5.72. The summed E-state index contributed by atoms with van der Waals surface area (Å²) in [5.74, 6) is -0.138. The molecule has 152 valence electrons. The van der Waals surface area contributed by atoms with Crippen molar-refractivity contribution in [3.8, 4) is 0 Å². The van der Waals surface area contributed by atoms with Gasteiger partial charge in [0.15, 0.2) is 0 Å². The highest BCUT2D eigenvalue weighted by Crippen LogP contribution is 2.28. The van der Waals surface area contributed by atoms with Gasteiger partial charge in [0.1, 0.15) is 0 Å². The van der Waals surface area contributed by atoms with Crippen LogP contribution in [0.2, 0.25) is 0 Å². The molecule has 1 N–H and O–H groups in total. The maximum absolute atomic E-state index is 13.3. The topological polar surface area (TPSA) is 49.4 Å². The Balaban J connectivity index is 1.57. The van der Waals surface area contributed by atoms with E-state index in [-0.39, 0.29) is 11.8 Å². The zero-order valence-electron chi connectivity index (χ0n) is 17.4. The van der Waals surface area contributed by atoms with Crippen LogP contribution in [-0.2, 0) is 6.42 Å². The van der Waals surface area contributed by atoms with Crippen LogP contribution in [0.5, 0.6) is 0 Å². The number of nitrogens with one attached hydrogen (secondary N) is 1. The largest absolute Gasteiger partial charge is 0.322 e. The Morgan fingerprint density at radius 3 is 2.43 bits per heavy atom. The van der Waals surface area contributed by atoms with Crippen molar-refractivity contribution >= 4 is 23.2 Å². The highest BCUT2D eigenvalue weighted by molar-refractivity contribution is 6.08. The van der Waals surface area contributed by atoms with Crippen molar-refractivity contribution in [3.63, 3.8) is 0 Å². The van der Waals surface area contributed by atoms with Crippen molar-refractivity contribution in [3.05, 3.63) is 94.5 Å². The van der Waals surface area contributed by atoms with E-state index in [1.54, 1.807) is 6.07 Å². The quantitative estimate of drug-likeness (QED) is 0.630. The Morgan fingerprint density at radius 1 is 0.867 bits per heavy atom. The number of amides is 2. The summed E-state index contributed by atoms with van der Waals surface area (Å²) >= 11 is 0. The predicted octanol–water partition coefficient (Wildman–Crippen LogP) is 5.54. The summed E-state index contributed by atoms with van der Waals surface area (Å²) in [5, 5.41) is 2.97. The van der Waals surface area contributed by atoms with E-state index in [1.807, 2.05) is 73.3 Å². The van der Waals surface area contributed by atoms with Gasteiger partial charge in [0.2, 0.25) is 0 Å². The standard InChI is InChI=1S/C26H26N2O2/c1-18-9-3-5-12-22(18)25(29)27-23-15-14-21(17-19(23)2)26(30)28-16-8-7-11-20-10-4-6-13-24(20)28/h3-6,9-10,12-15,17H,7-8,11,16H2,1-2H3,(H,27,29). The molecule has 1 aliphatic heterocycles. The fraction of sp³-hybridized carbons (Fsp3) is 0.231. The van der Waals surface area contributed by atoms with Crippen LogP contribution in [0.4, 0.5) is 11.4 Å².